The lowest BCUT2D eigenvalue weighted by Gasteiger charge is -2.13. The fourth-order valence-electron chi connectivity index (χ4n) is 1.58. The van der Waals surface area contributed by atoms with Crippen molar-refractivity contribution in [3.8, 4) is 0 Å². The largest absolute Gasteiger partial charge is 0.350 e. The van der Waals surface area contributed by atoms with Crippen LogP contribution in [-0.2, 0) is 9.59 Å². The van der Waals surface area contributed by atoms with Gasteiger partial charge in [-0.25, -0.2) is 0 Å². The van der Waals surface area contributed by atoms with E-state index in [1.807, 2.05) is 13.8 Å². The second-order valence-electron chi connectivity index (χ2n) is 4.70. The van der Waals surface area contributed by atoms with Gasteiger partial charge in [0.15, 0.2) is 0 Å². The molecule has 0 fully saturated rings. The number of benzene rings is 1. The normalized spacial score (nSPS) is 9.64. The maximum atomic E-state index is 12.0. The average molecular weight is 329 g/mol. The lowest BCUT2D eigenvalue weighted by Crippen LogP contribution is -2.37. The lowest BCUT2D eigenvalue weighted by atomic mass is 10.1. The van der Waals surface area contributed by atoms with Crippen molar-refractivity contribution in [2.45, 2.75) is 19.9 Å². The molecule has 0 aliphatic rings. The molecule has 0 spiro atoms. The first-order valence-corrected chi connectivity index (χ1v) is 6.60. The molecule has 1 rings (SSSR count). The van der Waals surface area contributed by atoms with E-state index < -0.39 is 11.8 Å². The Bertz CT molecular complexity index is 535. The van der Waals surface area contributed by atoms with Crippen molar-refractivity contribution in [2.75, 3.05) is 18.4 Å². The summed E-state index contributed by atoms with van der Waals surface area (Å²) in [5, 5.41) is 7.70. The van der Waals surface area contributed by atoms with Crippen LogP contribution in [0.1, 0.15) is 24.2 Å². The summed E-state index contributed by atoms with van der Waals surface area (Å²) >= 11 is 0. The summed E-state index contributed by atoms with van der Waals surface area (Å²) in [5.41, 5.74) is 5.88. The molecule has 0 saturated heterocycles. The number of nitrogens with two attached hydrogens (primary N) is 1. The molecular weight excluding hydrogens is 308 g/mol. The highest BCUT2D eigenvalue weighted by molar-refractivity contribution is 6.04. The van der Waals surface area contributed by atoms with E-state index in [-0.39, 0.29) is 37.4 Å². The van der Waals surface area contributed by atoms with Gasteiger partial charge >= 0.3 is 0 Å². The fourth-order valence-corrected chi connectivity index (χ4v) is 1.58. The van der Waals surface area contributed by atoms with Gasteiger partial charge in [0.2, 0.25) is 11.8 Å². The van der Waals surface area contributed by atoms with E-state index in [1.54, 1.807) is 24.3 Å². The van der Waals surface area contributed by atoms with Gasteiger partial charge in [-0.05, 0) is 26.0 Å². The van der Waals surface area contributed by atoms with Gasteiger partial charge in [-0.2, -0.15) is 0 Å². The molecule has 1 aromatic carbocycles. The van der Waals surface area contributed by atoms with E-state index in [9.17, 15) is 14.4 Å². The van der Waals surface area contributed by atoms with Crippen LogP contribution >= 0.6 is 12.4 Å². The third-order valence-electron chi connectivity index (χ3n) is 2.50. The number of nitrogens with one attached hydrogen (secondary N) is 3. The Morgan fingerprint density at radius 3 is 2.36 bits per heavy atom. The minimum absolute atomic E-state index is 0. The zero-order chi connectivity index (χ0) is 15.8. The minimum Gasteiger partial charge on any atom is -0.350 e. The van der Waals surface area contributed by atoms with Crippen LogP contribution in [-0.4, -0.2) is 36.9 Å². The van der Waals surface area contributed by atoms with E-state index in [2.05, 4.69) is 16.0 Å². The number of hydrogen-bond donors (Lipinski definition) is 4. The van der Waals surface area contributed by atoms with Crippen molar-refractivity contribution in [1.29, 1.82) is 0 Å². The molecule has 0 aliphatic carbocycles. The number of rotatable bonds is 6. The van der Waals surface area contributed by atoms with E-state index in [0.717, 1.165) is 0 Å². The van der Waals surface area contributed by atoms with Gasteiger partial charge in [-0.1, -0.05) is 12.1 Å². The Hall–Kier alpha value is -2.12. The number of carbonyl (C=O) groups is 3. The topological polar surface area (TPSA) is 113 Å². The molecule has 5 N–H and O–H groups in total. The molecule has 0 heterocycles. The first kappa shape index (κ1) is 19.9. The van der Waals surface area contributed by atoms with Crippen LogP contribution in [0.15, 0.2) is 24.3 Å². The van der Waals surface area contributed by atoms with Crippen molar-refractivity contribution < 1.29 is 14.4 Å². The molecule has 0 unspecified atom stereocenters. The van der Waals surface area contributed by atoms with E-state index >= 15 is 0 Å². The molecule has 0 saturated carbocycles. The predicted molar refractivity (Wildman–Crippen MR) is 87.0 cm³/mol. The highest BCUT2D eigenvalue weighted by atomic mass is 35.5. The van der Waals surface area contributed by atoms with Crippen molar-refractivity contribution in [3.63, 3.8) is 0 Å². The van der Waals surface area contributed by atoms with Crippen molar-refractivity contribution in [3.05, 3.63) is 29.8 Å². The van der Waals surface area contributed by atoms with Crippen LogP contribution in [0.25, 0.3) is 0 Å². The second-order valence-corrected chi connectivity index (χ2v) is 4.70. The maximum Gasteiger partial charge on any atom is 0.253 e. The first-order valence-electron chi connectivity index (χ1n) is 6.60. The predicted octanol–water partition coefficient (Wildman–Crippen LogP) is 0.260. The lowest BCUT2D eigenvalue weighted by molar-refractivity contribution is -0.123. The SMILES string of the molecule is CC(C)NC(=O)c1ccccc1NC(=O)CNC(=O)CN.Cl. The number of para-hydroxylation sites is 1. The van der Waals surface area contributed by atoms with Gasteiger partial charge in [0.1, 0.15) is 0 Å². The third kappa shape index (κ3) is 6.55. The molecule has 0 aromatic heterocycles. The first-order chi connectivity index (χ1) is 9.93. The van der Waals surface area contributed by atoms with Crippen LogP contribution in [0.4, 0.5) is 5.69 Å². The molecule has 0 radical (unpaired) electrons. The summed E-state index contributed by atoms with van der Waals surface area (Å²) in [6, 6.07) is 6.65. The molecule has 8 heteroatoms. The average Bonchev–Trinajstić information content (AvgIpc) is 2.44. The summed E-state index contributed by atoms with van der Waals surface area (Å²) in [4.78, 5) is 34.7. The standard InChI is InChI=1S/C14H20N4O3.ClH/c1-9(2)17-14(21)10-5-3-4-6-11(10)18-13(20)8-16-12(19)7-15;/h3-6,9H,7-8,15H2,1-2H3,(H,16,19)(H,17,21)(H,18,20);1H. The van der Waals surface area contributed by atoms with Crippen molar-refractivity contribution >= 4 is 35.8 Å². The molecule has 0 aliphatic heterocycles. The molecule has 0 bridgehead atoms. The smallest absolute Gasteiger partial charge is 0.253 e. The highest BCUT2D eigenvalue weighted by Crippen LogP contribution is 2.14. The summed E-state index contributed by atoms with van der Waals surface area (Å²) < 4.78 is 0. The summed E-state index contributed by atoms with van der Waals surface area (Å²) in [7, 11) is 0. The second kappa shape index (κ2) is 9.75. The van der Waals surface area contributed by atoms with E-state index in [0.29, 0.717) is 11.3 Å². The van der Waals surface area contributed by atoms with Crippen LogP contribution in [0.5, 0.6) is 0 Å². The zero-order valence-corrected chi connectivity index (χ0v) is 13.3. The molecule has 122 valence electrons. The quantitative estimate of drug-likeness (QED) is 0.600. The van der Waals surface area contributed by atoms with E-state index in [1.165, 1.54) is 0 Å². The zero-order valence-electron chi connectivity index (χ0n) is 12.5. The third-order valence-corrected chi connectivity index (χ3v) is 2.50. The fraction of sp³-hybridized carbons (Fsp3) is 0.357. The van der Waals surface area contributed by atoms with Crippen molar-refractivity contribution in [1.82, 2.24) is 10.6 Å². The summed E-state index contributed by atoms with van der Waals surface area (Å²) in [6.07, 6.45) is 0. The van der Waals surface area contributed by atoms with Gasteiger partial charge in [0, 0.05) is 6.04 Å². The molecular formula is C14H21ClN4O3. The van der Waals surface area contributed by atoms with Gasteiger partial charge < -0.3 is 21.7 Å². The van der Waals surface area contributed by atoms with Crippen LogP contribution in [0.3, 0.4) is 0 Å². The Morgan fingerprint density at radius 1 is 1.14 bits per heavy atom. The minimum atomic E-state index is -0.429. The maximum absolute atomic E-state index is 12.0. The van der Waals surface area contributed by atoms with Gasteiger partial charge in [0.05, 0.1) is 24.3 Å². The van der Waals surface area contributed by atoms with Crippen LogP contribution in [0.2, 0.25) is 0 Å². The molecule has 22 heavy (non-hydrogen) atoms. The Kier molecular flexibility index (Phi) is 8.81. The van der Waals surface area contributed by atoms with Crippen LogP contribution < -0.4 is 21.7 Å². The van der Waals surface area contributed by atoms with Gasteiger partial charge in [-0.3, -0.25) is 14.4 Å². The Labute approximate surface area is 135 Å². The number of hydrogen-bond acceptors (Lipinski definition) is 4. The molecule has 1 aromatic rings. The summed E-state index contributed by atoms with van der Waals surface area (Å²) in [6.45, 7) is 3.32. The monoisotopic (exact) mass is 328 g/mol. The van der Waals surface area contributed by atoms with Crippen LogP contribution in [0, 0.1) is 0 Å². The van der Waals surface area contributed by atoms with Gasteiger partial charge in [-0.15, -0.1) is 12.4 Å². The Morgan fingerprint density at radius 2 is 1.77 bits per heavy atom. The molecule has 3 amide bonds. The van der Waals surface area contributed by atoms with E-state index in [4.69, 9.17) is 5.73 Å². The number of halogens is 1. The highest BCUT2D eigenvalue weighted by Gasteiger charge is 2.13. The number of anilines is 1. The van der Waals surface area contributed by atoms with Gasteiger partial charge in [0.25, 0.3) is 5.91 Å². The number of carbonyl (C=O) groups excluding carboxylic acids is 3. The molecule has 7 nitrogen and oxygen atoms in total. The number of amides is 3. The summed E-state index contributed by atoms with van der Waals surface area (Å²) in [5.74, 6) is -1.12. The van der Waals surface area contributed by atoms with Crippen molar-refractivity contribution in [2.24, 2.45) is 5.73 Å². The Balaban J connectivity index is 0.00000441. The molecule has 0 atom stereocenters.